The first-order chi connectivity index (χ1) is 18.2. The first-order valence-corrected chi connectivity index (χ1v) is 12.3. The number of hydrogen-bond donors (Lipinski definition) is 2. The smallest absolute Gasteiger partial charge is 0.416 e. The van der Waals surface area contributed by atoms with Crippen LogP contribution >= 0.6 is 0 Å². The Labute approximate surface area is 217 Å². The number of alkyl halides is 3. The lowest BCUT2D eigenvalue weighted by Crippen LogP contribution is -2.17. The highest BCUT2D eigenvalue weighted by Crippen LogP contribution is 2.32. The summed E-state index contributed by atoms with van der Waals surface area (Å²) in [6.45, 7) is 0. The lowest BCUT2D eigenvalue weighted by Gasteiger charge is -2.13. The fourth-order valence-electron chi connectivity index (χ4n) is 3.72. The van der Waals surface area contributed by atoms with Crippen LogP contribution in [0.1, 0.15) is 27.0 Å². The van der Waals surface area contributed by atoms with Gasteiger partial charge in [-0.3, -0.25) is 9.52 Å². The van der Waals surface area contributed by atoms with E-state index in [4.69, 9.17) is 5.11 Å². The van der Waals surface area contributed by atoms with Crippen molar-refractivity contribution in [3.05, 3.63) is 94.8 Å². The Morgan fingerprint density at radius 2 is 1.74 bits per heavy atom. The van der Waals surface area contributed by atoms with Crippen LogP contribution in [-0.2, 0) is 28.0 Å². The van der Waals surface area contributed by atoms with Gasteiger partial charge in [-0.2, -0.15) is 13.2 Å². The number of aryl methyl sites for hydroxylation is 1. The maximum Gasteiger partial charge on any atom is 0.416 e. The number of aromatic nitrogens is 2. The van der Waals surface area contributed by atoms with Gasteiger partial charge in [-0.15, -0.1) is 0 Å². The molecule has 0 bridgehead atoms. The van der Waals surface area contributed by atoms with Gasteiger partial charge in [-0.25, -0.2) is 27.0 Å². The molecule has 0 radical (unpaired) electrons. The fraction of sp³-hybridized carbons (Fsp3) is 0.0800. The molecule has 0 amide bonds. The van der Waals surface area contributed by atoms with Crippen molar-refractivity contribution in [3.63, 3.8) is 0 Å². The minimum atomic E-state index is -4.71. The molecule has 14 heteroatoms. The Bertz CT molecular complexity index is 1760. The number of carbonyl (C=O) groups is 2. The van der Waals surface area contributed by atoms with Crippen LogP contribution in [0, 0.1) is 11.6 Å². The number of fused-ring (bicyclic) bond motifs is 1. The molecule has 4 aromatic rings. The average molecular weight is 565 g/mol. The predicted octanol–water partition coefficient (Wildman–Crippen LogP) is 5.00. The number of halogens is 5. The Balaban J connectivity index is 1.73. The zero-order valence-electron chi connectivity index (χ0n) is 19.6. The van der Waals surface area contributed by atoms with Crippen LogP contribution in [0.3, 0.4) is 0 Å². The van der Waals surface area contributed by atoms with Gasteiger partial charge in [0.2, 0.25) is 5.78 Å². The third kappa shape index (κ3) is 5.50. The van der Waals surface area contributed by atoms with E-state index in [1.807, 2.05) is 4.72 Å². The normalized spacial score (nSPS) is 12.3. The summed E-state index contributed by atoms with van der Waals surface area (Å²) in [5.41, 5.74) is -2.70. The number of carboxylic acids is 1. The molecule has 2 N–H and O–H groups in total. The van der Waals surface area contributed by atoms with Gasteiger partial charge < -0.3 is 9.67 Å². The summed E-state index contributed by atoms with van der Waals surface area (Å²) >= 11 is 0. The topological polar surface area (TPSA) is 118 Å². The van der Waals surface area contributed by atoms with E-state index in [0.29, 0.717) is 30.3 Å². The largest absolute Gasteiger partial charge is 0.478 e. The molecule has 0 saturated heterocycles. The van der Waals surface area contributed by atoms with Crippen LogP contribution in [0.25, 0.3) is 17.1 Å². The lowest BCUT2D eigenvalue weighted by molar-refractivity contribution is -0.137. The number of aliphatic carboxylic acids is 1. The van der Waals surface area contributed by atoms with E-state index in [1.54, 1.807) is 0 Å². The van der Waals surface area contributed by atoms with E-state index in [2.05, 4.69) is 4.98 Å². The number of ketones is 1. The summed E-state index contributed by atoms with van der Waals surface area (Å²) in [6.07, 6.45) is -0.0956. The highest BCUT2D eigenvalue weighted by Gasteiger charge is 2.31. The molecule has 2 aromatic heterocycles. The predicted molar refractivity (Wildman–Crippen MR) is 129 cm³/mol. The van der Waals surface area contributed by atoms with Crippen molar-refractivity contribution in [3.8, 4) is 0 Å². The summed E-state index contributed by atoms with van der Waals surface area (Å²) in [6, 6.07) is 5.16. The molecule has 0 unspecified atom stereocenters. The first-order valence-electron chi connectivity index (χ1n) is 10.8. The highest BCUT2D eigenvalue weighted by atomic mass is 32.2. The first kappa shape index (κ1) is 27.4. The average Bonchev–Trinajstić information content (AvgIpc) is 3.19. The standard InChI is InChI=1S/C25H16F5N3O5S/c1-33-12-17(16-10-13(2-9-20(34)35)11-31-24(16)33)23(36)21-18(26)7-8-19(22(21)27)32-39(37,38)15-5-3-14(4-6-15)25(28,29)30/h2-12,32H,1H3,(H,34,35)/b9-2+. The second-order valence-corrected chi connectivity index (χ2v) is 9.89. The number of anilines is 1. The number of hydrogen-bond acceptors (Lipinski definition) is 5. The van der Waals surface area contributed by atoms with E-state index in [1.165, 1.54) is 36.2 Å². The van der Waals surface area contributed by atoms with E-state index in [0.717, 1.165) is 12.1 Å². The van der Waals surface area contributed by atoms with Crippen molar-refractivity contribution in [1.82, 2.24) is 9.55 Å². The van der Waals surface area contributed by atoms with Crippen LogP contribution in [0.5, 0.6) is 0 Å². The maximum atomic E-state index is 15.4. The number of sulfonamides is 1. The minimum absolute atomic E-state index is 0.143. The van der Waals surface area contributed by atoms with Crippen molar-refractivity contribution in [2.45, 2.75) is 11.1 Å². The summed E-state index contributed by atoms with van der Waals surface area (Å²) in [7, 11) is -3.11. The molecule has 0 fully saturated rings. The van der Waals surface area contributed by atoms with E-state index in [9.17, 15) is 35.6 Å². The number of rotatable bonds is 7. The van der Waals surface area contributed by atoms with Gasteiger partial charge >= 0.3 is 12.1 Å². The van der Waals surface area contributed by atoms with Gasteiger partial charge in [0.25, 0.3) is 10.0 Å². The molecular weight excluding hydrogens is 549 g/mol. The number of pyridine rings is 1. The second-order valence-electron chi connectivity index (χ2n) is 8.21. The zero-order valence-corrected chi connectivity index (χ0v) is 20.4. The molecule has 2 heterocycles. The monoisotopic (exact) mass is 565 g/mol. The van der Waals surface area contributed by atoms with E-state index in [-0.39, 0.29) is 22.2 Å². The van der Waals surface area contributed by atoms with E-state index >= 15 is 4.39 Å². The molecule has 2 aromatic carbocycles. The quantitative estimate of drug-likeness (QED) is 0.185. The van der Waals surface area contributed by atoms with Gasteiger partial charge in [0.15, 0.2) is 5.82 Å². The van der Waals surface area contributed by atoms with Gasteiger partial charge in [-0.05, 0) is 54.1 Å². The number of nitrogens with one attached hydrogen (secondary N) is 1. The van der Waals surface area contributed by atoms with Crippen molar-refractivity contribution in [2.24, 2.45) is 7.05 Å². The Hall–Kier alpha value is -4.59. The number of carboxylic acid groups (broad SMARTS) is 1. The van der Waals surface area contributed by atoms with Crippen molar-refractivity contribution >= 4 is 44.6 Å². The van der Waals surface area contributed by atoms with Crippen LogP contribution < -0.4 is 4.72 Å². The molecule has 202 valence electrons. The molecule has 0 spiro atoms. The molecule has 0 saturated carbocycles. The molecule has 0 aliphatic rings. The Morgan fingerprint density at radius 3 is 2.36 bits per heavy atom. The molecule has 4 rings (SSSR count). The van der Waals surface area contributed by atoms with Gasteiger partial charge in [0, 0.05) is 36.5 Å². The molecule has 0 aliphatic heterocycles. The van der Waals surface area contributed by atoms with Crippen LogP contribution in [0.2, 0.25) is 0 Å². The maximum absolute atomic E-state index is 15.4. The molecule has 0 atom stereocenters. The van der Waals surface area contributed by atoms with Crippen LogP contribution in [-0.4, -0.2) is 34.8 Å². The summed E-state index contributed by atoms with van der Waals surface area (Å²) in [4.78, 5) is 27.6. The highest BCUT2D eigenvalue weighted by molar-refractivity contribution is 7.92. The lowest BCUT2D eigenvalue weighted by atomic mass is 10.0. The summed E-state index contributed by atoms with van der Waals surface area (Å²) in [5, 5.41) is 8.97. The summed E-state index contributed by atoms with van der Waals surface area (Å²) < 4.78 is 97.1. The second kappa shape index (κ2) is 9.94. The SMILES string of the molecule is Cn1cc(C(=O)c2c(F)ccc(NS(=O)(=O)c3ccc(C(F)(F)F)cc3)c2F)c2cc(/C=C/C(=O)O)cnc21. The van der Waals surface area contributed by atoms with Crippen molar-refractivity contribution in [2.75, 3.05) is 4.72 Å². The van der Waals surface area contributed by atoms with Gasteiger partial charge in [-0.1, -0.05) is 0 Å². The minimum Gasteiger partial charge on any atom is -0.478 e. The van der Waals surface area contributed by atoms with E-state index < -0.39 is 61.3 Å². The third-order valence-corrected chi connectivity index (χ3v) is 6.93. The molecule has 0 aliphatic carbocycles. The number of benzene rings is 2. The molecule has 8 nitrogen and oxygen atoms in total. The van der Waals surface area contributed by atoms with Crippen LogP contribution in [0.4, 0.5) is 27.6 Å². The number of carbonyl (C=O) groups excluding carboxylic acids is 1. The van der Waals surface area contributed by atoms with Gasteiger partial charge in [0.05, 0.1) is 21.7 Å². The molecular formula is C25H16F5N3O5S. The Kier molecular flexibility index (Phi) is 7.00. The zero-order chi connectivity index (χ0) is 28.7. The van der Waals surface area contributed by atoms with Gasteiger partial charge in [0.1, 0.15) is 11.5 Å². The molecule has 39 heavy (non-hydrogen) atoms. The van der Waals surface area contributed by atoms with Crippen LogP contribution in [0.15, 0.2) is 65.8 Å². The van der Waals surface area contributed by atoms with Crippen molar-refractivity contribution < 1.29 is 45.1 Å². The Morgan fingerprint density at radius 1 is 1.08 bits per heavy atom. The number of nitrogens with zero attached hydrogens (tertiary/aromatic N) is 2. The third-order valence-electron chi connectivity index (χ3n) is 5.55. The summed E-state index contributed by atoms with van der Waals surface area (Å²) in [5.74, 6) is -5.25. The fourth-order valence-corrected chi connectivity index (χ4v) is 4.78. The van der Waals surface area contributed by atoms with Crippen molar-refractivity contribution in [1.29, 1.82) is 0 Å².